The molecule has 0 rings (SSSR count). The van der Waals surface area contributed by atoms with E-state index in [9.17, 15) is 9.59 Å². The van der Waals surface area contributed by atoms with Crippen LogP contribution in [0.5, 0.6) is 0 Å². The maximum atomic E-state index is 11.5. The topological polar surface area (TPSA) is 52.6 Å². The first-order valence-corrected chi connectivity index (χ1v) is 8.72. The van der Waals surface area contributed by atoms with Gasteiger partial charge in [0.1, 0.15) is 5.60 Å². The second-order valence-electron chi connectivity index (χ2n) is 6.83. The van der Waals surface area contributed by atoms with Crippen LogP contribution < -0.4 is 0 Å². The molecule has 0 heterocycles. The van der Waals surface area contributed by atoms with Crippen LogP contribution >= 0.6 is 0 Å². The van der Waals surface area contributed by atoms with Gasteiger partial charge >= 0.3 is 11.9 Å². The Hall–Kier alpha value is -1.06. The Labute approximate surface area is 135 Å². The summed E-state index contributed by atoms with van der Waals surface area (Å²) in [4.78, 5) is 22.9. The van der Waals surface area contributed by atoms with Crippen LogP contribution in [-0.4, -0.2) is 24.1 Å². The molecule has 0 aromatic carbocycles. The SMILES string of the molecule is CCCCCCCCCCCC(=O)OCC(=O)OC(C)(C)C. The lowest BCUT2D eigenvalue weighted by molar-refractivity contribution is -0.166. The highest BCUT2D eigenvalue weighted by Gasteiger charge is 2.17. The zero-order chi connectivity index (χ0) is 16.8. The van der Waals surface area contributed by atoms with Crippen molar-refractivity contribution in [2.24, 2.45) is 0 Å². The number of carbonyl (C=O) groups is 2. The van der Waals surface area contributed by atoms with Gasteiger partial charge in [-0.1, -0.05) is 58.3 Å². The van der Waals surface area contributed by atoms with Crippen molar-refractivity contribution < 1.29 is 19.1 Å². The van der Waals surface area contributed by atoms with E-state index in [2.05, 4.69) is 6.92 Å². The zero-order valence-electron chi connectivity index (χ0n) is 14.9. The Morgan fingerprint density at radius 3 is 1.77 bits per heavy atom. The van der Waals surface area contributed by atoms with Crippen molar-refractivity contribution in [2.45, 2.75) is 97.5 Å². The van der Waals surface area contributed by atoms with E-state index in [0.717, 1.165) is 12.8 Å². The molecule has 4 nitrogen and oxygen atoms in total. The number of unbranched alkanes of at least 4 members (excludes halogenated alkanes) is 8. The highest BCUT2D eigenvalue weighted by atomic mass is 16.6. The lowest BCUT2D eigenvalue weighted by atomic mass is 10.1. The molecule has 0 atom stereocenters. The van der Waals surface area contributed by atoms with Gasteiger partial charge < -0.3 is 9.47 Å². The number of rotatable bonds is 12. The molecule has 0 spiro atoms. The van der Waals surface area contributed by atoms with E-state index in [1.165, 1.54) is 44.9 Å². The number of hydrogen-bond donors (Lipinski definition) is 0. The maximum Gasteiger partial charge on any atom is 0.344 e. The van der Waals surface area contributed by atoms with Crippen LogP contribution in [0.15, 0.2) is 0 Å². The third kappa shape index (κ3) is 15.3. The summed E-state index contributed by atoms with van der Waals surface area (Å²) in [7, 11) is 0. The van der Waals surface area contributed by atoms with Gasteiger partial charge in [-0.2, -0.15) is 0 Å². The van der Waals surface area contributed by atoms with Crippen molar-refractivity contribution in [1.29, 1.82) is 0 Å². The third-order valence-corrected chi connectivity index (χ3v) is 3.26. The van der Waals surface area contributed by atoms with Gasteiger partial charge in [0.05, 0.1) is 0 Å². The number of esters is 2. The first kappa shape index (κ1) is 20.9. The Bertz CT molecular complexity index is 305. The van der Waals surface area contributed by atoms with Gasteiger partial charge in [0.2, 0.25) is 0 Å². The molecule has 0 bridgehead atoms. The molecule has 0 aromatic rings. The number of carbonyl (C=O) groups excluding carboxylic acids is 2. The Morgan fingerprint density at radius 1 is 0.773 bits per heavy atom. The van der Waals surface area contributed by atoms with Gasteiger partial charge in [0.15, 0.2) is 6.61 Å². The van der Waals surface area contributed by atoms with Crippen molar-refractivity contribution >= 4 is 11.9 Å². The summed E-state index contributed by atoms with van der Waals surface area (Å²) in [6.45, 7) is 7.30. The molecule has 0 N–H and O–H groups in total. The van der Waals surface area contributed by atoms with Crippen LogP contribution in [0.4, 0.5) is 0 Å². The van der Waals surface area contributed by atoms with Gasteiger partial charge in [-0.3, -0.25) is 4.79 Å². The van der Waals surface area contributed by atoms with Crippen LogP contribution in [0.25, 0.3) is 0 Å². The van der Waals surface area contributed by atoms with Crippen molar-refractivity contribution in [1.82, 2.24) is 0 Å². The van der Waals surface area contributed by atoms with Crippen LogP contribution in [0, 0.1) is 0 Å². The second-order valence-corrected chi connectivity index (χ2v) is 6.83. The van der Waals surface area contributed by atoms with Gasteiger partial charge in [0.25, 0.3) is 0 Å². The van der Waals surface area contributed by atoms with Crippen molar-refractivity contribution in [3.63, 3.8) is 0 Å². The molecule has 0 unspecified atom stereocenters. The second kappa shape index (κ2) is 12.5. The minimum Gasteiger partial charge on any atom is -0.457 e. The molecule has 0 aliphatic heterocycles. The molecule has 0 saturated carbocycles. The summed E-state index contributed by atoms with van der Waals surface area (Å²) in [5, 5.41) is 0. The maximum absolute atomic E-state index is 11.5. The molecular formula is C18H34O4. The lowest BCUT2D eigenvalue weighted by Crippen LogP contribution is -2.27. The van der Waals surface area contributed by atoms with Gasteiger partial charge in [-0.25, -0.2) is 4.79 Å². The van der Waals surface area contributed by atoms with Crippen LogP contribution in [0.2, 0.25) is 0 Å². The summed E-state index contributed by atoms with van der Waals surface area (Å²) >= 11 is 0. The van der Waals surface area contributed by atoms with Gasteiger partial charge in [-0.05, 0) is 27.2 Å². The van der Waals surface area contributed by atoms with Crippen molar-refractivity contribution in [3.8, 4) is 0 Å². The predicted octanol–water partition coefficient (Wildman–Crippen LogP) is 4.79. The van der Waals surface area contributed by atoms with E-state index in [1.807, 2.05) is 0 Å². The summed E-state index contributed by atoms with van der Waals surface area (Å²) in [5.74, 6) is -0.804. The standard InChI is InChI=1S/C18H34O4/c1-5-6-7-8-9-10-11-12-13-14-16(19)21-15-17(20)22-18(2,3)4/h5-15H2,1-4H3. The van der Waals surface area contributed by atoms with Crippen LogP contribution in [0.1, 0.15) is 91.9 Å². The average Bonchev–Trinajstić information content (AvgIpc) is 2.41. The monoisotopic (exact) mass is 314 g/mol. The smallest absolute Gasteiger partial charge is 0.344 e. The minimum absolute atomic E-state index is 0.284. The van der Waals surface area contributed by atoms with Crippen molar-refractivity contribution in [2.75, 3.05) is 6.61 Å². The molecule has 0 aliphatic carbocycles. The summed E-state index contributed by atoms with van der Waals surface area (Å²) < 4.78 is 9.98. The fourth-order valence-electron chi connectivity index (χ4n) is 2.16. The first-order valence-electron chi connectivity index (χ1n) is 8.72. The molecule has 0 aromatic heterocycles. The molecule has 0 amide bonds. The fourth-order valence-corrected chi connectivity index (χ4v) is 2.16. The fraction of sp³-hybridized carbons (Fsp3) is 0.889. The van der Waals surface area contributed by atoms with E-state index in [4.69, 9.17) is 9.47 Å². The van der Waals surface area contributed by atoms with E-state index in [-0.39, 0.29) is 12.6 Å². The molecule has 4 heteroatoms. The summed E-state index contributed by atoms with van der Waals surface area (Å²) in [6.07, 6.45) is 11.3. The van der Waals surface area contributed by atoms with E-state index >= 15 is 0 Å². The van der Waals surface area contributed by atoms with Crippen LogP contribution in [-0.2, 0) is 19.1 Å². The third-order valence-electron chi connectivity index (χ3n) is 3.26. The molecule has 22 heavy (non-hydrogen) atoms. The van der Waals surface area contributed by atoms with Gasteiger partial charge in [0, 0.05) is 6.42 Å². The van der Waals surface area contributed by atoms with E-state index < -0.39 is 11.6 Å². The Balaban J connectivity index is 3.41. The van der Waals surface area contributed by atoms with Crippen LogP contribution in [0.3, 0.4) is 0 Å². The minimum atomic E-state index is -0.541. The van der Waals surface area contributed by atoms with Crippen molar-refractivity contribution in [3.05, 3.63) is 0 Å². The lowest BCUT2D eigenvalue weighted by Gasteiger charge is -2.19. The summed E-state index contributed by atoms with van der Waals surface area (Å²) in [6, 6.07) is 0. The Kier molecular flexibility index (Phi) is 11.9. The molecular weight excluding hydrogens is 280 g/mol. The average molecular weight is 314 g/mol. The normalized spacial score (nSPS) is 11.3. The predicted molar refractivity (Wildman–Crippen MR) is 88.6 cm³/mol. The van der Waals surface area contributed by atoms with E-state index in [1.54, 1.807) is 20.8 Å². The quantitative estimate of drug-likeness (QED) is 0.384. The highest BCUT2D eigenvalue weighted by Crippen LogP contribution is 2.11. The Morgan fingerprint density at radius 2 is 1.27 bits per heavy atom. The molecule has 130 valence electrons. The molecule has 0 radical (unpaired) electrons. The number of hydrogen-bond acceptors (Lipinski definition) is 4. The van der Waals surface area contributed by atoms with E-state index in [0.29, 0.717) is 6.42 Å². The zero-order valence-corrected chi connectivity index (χ0v) is 14.9. The molecule has 0 saturated heterocycles. The highest BCUT2D eigenvalue weighted by molar-refractivity contribution is 5.76. The largest absolute Gasteiger partial charge is 0.457 e. The number of ether oxygens (including phenoxy) is 2. The molecule has 0 aliphatic rings. The van der Waals surface area contributed by atoms with Gasteiger partial charge in [-0.15, -0.1) is 0 Å². The first-order chi connectivity index (χ1) is 10.3. The summed E-state index contributed by atoms with van der Waals surface area (Å²) in [5.41, 5.74) is -0.541. The molecule has 0 fully saturated rings.